The molecule has 0 aromatic heterocycles. The standard InChI is InChI=1S/C15H13Br2NO2/c1-9-11(16)3-2-4-13(9)18-7-10-5-14-15(6-12(10)17)20-8-19-14/h2-6,18H,7-8H2,1H3. The Kier molecular flexibility index (Phi) is 3.89. The molecular formula is C15H13Br2NO2. The van der Waals surface area contributed by atoms with Crippen LogP contribution in [0.5, 0.6) is 11.5 Å². The summed E-state index contributed by atoms with van der Waals surface area (Å²) < 4.78 is 12.9. The number of benzene rings is 2. The van der Waals surface area contributed by atoms with Gasteiger partial charge in [-0.05, 0) is 42.3 Å². The summed E-state index contributed by atoms with van der Waals surface area (Å²) in [5.74, 6) is 1.59. The normalized spacial score (nSPS) is 12.6. The second kappa shape index (κ2) is 5.66. The average molecular weight is 399 g/mol. The second-order valence-corrected chi connectivity index (χ2v) is 6.27. The maximum Gasteiger partial charge on any atom is 0.231 e. The quantitative estimate of drug-likeness (QED) is 0.800. The molecule has 0 radical (unpaired) electrons. The Labute approximate surface area is 134 Å². The highest BCUT2D eigenvalue weighted by atomic mass is 79.9. The van der Waals surface area contributed by atoms with Crippen molar-refractivity contribution in [1.29, 1.82) is 0 Å². The topological polar surface area (TPSA) is 30.5 Å². The largest absolute Gasteiger partial charge is 0.454 e. The van der Waals surface area contributed by atoms with Gasteiger partial charge in [-0.15, -0.1) is 0 Å². The lowest BCUT2D eigenvalue weighted by Gasteiger charge is -2.12. The zero-order valence-corrected chi connectivity index (χ0v) is 14.0. The minimum atomic E-state index is 0.295. The molecule has 0 saturated carbocycles. The van der Waals surface area contributed by atoms with Crippen LogP contribution in [-0.2, 0) is 6.54 Å². The molecule has 0 saturated heterocycles. The van der Waals surface area contributed by atoms with Gasteiger partial charge in [0.25, 0.3) is 0 Å². The fraction of sp³-hybridized carbons (Fsp3) is 0.200. The molecule has 1 N–H and O–H groups in total. The van der Waals surface area contributed by atoms with E-state index in [9.17, 15) is 0 Å². The van der Waals surface area contributed by atoms with Crippen LogP contribution in [0.15, 0.2) is 39.3 Å². The number of hydrogen-bond donors (Lipinski definition) is 1. The van der Waals surface area contributed by atoms with E-state index in [0.29, 0.717) is 13.3 Å². The van der Waals surface area contributed by atoms with Crippen LogP contribution in [0.2, 0.25) is 0 Å². The van der Waals surface area contributed by atoms with Crippen LogP contribution in [0.4, 0.5) is 5.69 Å². The van der Waals surface area contributed by atoms with Gasteiger partial charge < -0.3 is 14.8 Å². The van der Waals surface area contributed by atoms with Crippen molar-refractivity contribution < 1.29 is 9.47 Å². The number of nitrogens with one attached hydrogen (secondary N) is 1. The van der Waals surface area contributed by atoms with E-state index in [4.69, 9.17) is 9.47 Å². The van der Waals surface area contributed by atoms with Crippen molar-refractivity contribution >= 4 is 37.5 Å². The first-order valence-electron chi connectivity index (χ1n) is 6.22. The van der Waals surface area contributed by atoms with Crippen molar-refractivity contribution in [2.75, 3.05) is 12.1 Å². The summed E-state index contributed by atoms with van der Waals surface area (Å²) in [6, 6.07) is 10.1. The van der Waals surface area contributed by atoms with Gasteiger partial charge in [0.1, 0.15) is 0 Å². The van der Waals surface area contributed by atoms with Gasteiger partial charge >= 0.3 is 0 Å². The number of ether oxygens (including phenoxy) is 2. The highest BCUT2D eigenvalue weighted by Crippen LogP contribution is 2.37. The van der Waals surface area contributed by atoms with Gasteiger partial charge in [0.2, 0.25) is 6.79 Å². The summed E-state index contributed by atoms with van der Waals surface area (Å²) in [6.45, 7) is 3.10. The second-order valence-electron chi connectivity index (χ2n) is 4.56. The van der Waals surface area contributed by atoms with E-state index in [2.05, 4.69) is 50.2 Å². The van der Waals surface area contributed by atoms with E-state index < -0.39 is 0 Å². The van der Waals surface area contributed by atoms with E-state index in [1.54, 1.807) is 0 Å². The van der Waals surface area contributed by atoms with E-state index >= 15 is 0 Å². The summed E-state index contributed by atoms with van der Waals surface area (Å²) in [4.78, 5) is 0. The highest BCUT2D eigenvalue weighted by Gasteiger charge is 2.16. The van der Waals surface area contributed by atoms with Gasteiger partial charge in [0.15, 0.2) is 11.5 Å². The predicted octanol–water partition coefficient (Wildman–Crippen LogP) is 4.86. The number of anilines is 1. The minimum Gasteiger partial charge on any atom is -0.454 e. The van der Waals surface area contributed by atoms with Crippen LogP contribution < -0.4 is 14.8 Å². The first-order chi connectivity index (χ1) is 9.65. The Morgan fingerprint density at radius 3 is 2.65 bits per heavy atom. The monoisotopic (exact) mass is 397 g/mol. The zero-order chi connectivity index (χ0) is 14.1. The van der Waals surface area contributed by atoms with Gasteiger partial charge in [0.05, 0.1) is 0 Å². The molecule has 20 heavy (non-hydrogen) atoms. The van der Waals surface area contributed by atoms with Crippen LogP contribution in [0.25, 0.3) is 0 Å². The van der Waals surface area contributed by atoms with Crippen LogP contribution in [0.3, 0.4) is 0 Å². The van der Waals surface area contributed by atoms with Crippen molar-refractivity contribution in [2.24, 2.45) is 0 Å². The molecule has 0 atom stereocenters. The SMILES string of the molecule is Cc1c(Br)cccc1NCc1cc2c(cc1Br)OCO2. The van der Waals surface area contributed by atoms with Crippen LogP contribution in [0, 0.1) is 6.92 Å². The van der Waals surface area contributed by atoms with Crippen LogP contribution >= 0.6 is 31.9 Å². The molecule has 3 rings (SSSR count). The van der Waals surface area contributed by atoms with E-state index in [0.717, 1.165) is 31.7 Å². The fourth-order valence-corrected chi connectivity index (χ4v) is 2.91. The van der Waals surface area contributed by atoms with E-state index in [-0.39, 0.29) is 0 Å². The van der Waals surface area contributed by atoms with Crippen LogP contribution in [0.1, 0.15) is 11.1 Å². The van der Waals surface area contributed by atoms with Crippen molar-refractivity contribution in [3.05, 3.63) is 50.4 Å². The first kappa shape index (κ1) is 13.8. The molecule has 0 amide bonds. The lowest BCUT2D eigenvalue weighted by Crippen LogP contribution is -2.02. The lowest BCUT2D eigenvalue weighted by molar-refractivity contribution is 0.174. The van der Waals surface area contributed by atoms with Crippen LogP contribution in [-0.4, -0.2) is 6.79 Å². The molecule has 0 fully saturated rings. The lowest BCUT2D eigenvalue weighted by atomic mass is 10.1. The molecule has 1 aliphatic heterocycles. The number of halogens is 2. The average Bonchev–Trinajstić information content (AvgIpc) is 2.87. The molecule has 0 bridgehead atoms. The van der Waals surface area contributed by atoms with Gasteiger partial charge in [0, 0.05) is 21.2 Å². The van der Waals surface area contributed by atoms with Crippen molar-refractivity contribution in [3.63, 3.8) is 0 Å². The Morgan fingerprint density at radius 1 is 1.10 bits per heavy atom. The zero-order valence-electron chi connectivity index (χ0n) is 10.9. The molecule has 1 heterocycles. The summed E-state index contributed by atoms with van der Waals surface area (Å²) in [5.41, 5.74) is 3.45. The maximum atomic E-state index is 5.41. The molecule has 5 heteroatoms. The molecular weight excluding hydrogens is 386 g/mol. The van der Waals surface area contributed by atoms with E-state index in [1.165, 1.54) is 5.56 Å². The van der Waals surface area contributed by atoms with Gasteiger partial charge in [-0.2, -0.15) is 0 Å². The fourth-order valence-electron chi connectivity index (χ4n) is 2.08. The first-order valence-corrected chi connectivity index (χ1v) is 7.81. The smallest absolute Gasteiger partial charge is 0.231 e. The molecule has 3 nitrogen and oxygen atoms in total. The number of fused-ring (bicyclic) bond motifs is 1. The minimum absolute atomic E-state index is 0.295. The Morgan fingerprint density at radius 2 is 1.85 bits per heavy atom. The summed E-state index contributed by atoms with van der Waals surface area (Å²) in [6.07, 6.45) is 0. The van der Waals surface area contributed by atoms with E-state index in [1.807, 2.05) is 24.3 Å². The van der Waals surface area contributed by atoms with Gasteiger partial charge in [-0.1, -0.05) is 37.9 Å². The summed E-state index contributed by atoms with van der Waals surface area (Å²) in [7, 11) is 0. The molecule has 2 aromatic rings. The van der Waals surface area contributed by atoms with Crippen molar-refractivity contribution in [3.8, 4) is 11.5 Å². The molecule has 1 aliphatic rings. The van der Waals surface area contributed by atoms with Gasteiger partial charge in [-0.25, -0.2) is 0 Å². The molecule has 0 aliphatic carbocycles. The molecule has 104 valence electrons. The third-order valence-corrected chi connectivity index (χ3v) is 4.88. The highest BCUT2D eigenvalue weighted by molar-refractivity contribution is 9.10. The Hall–Kier alpha value is -1.20. The van der Waals surface area contributed by atoms with Gasteiger partial charge in [-0.3, -0.25) is 0 Å². The third kappa shape index (κ3) is 2.65. The molecule has 0 spiro atoms. The Balaban J connectivity index is 1.80. The van der Waals surface area contributed by atoms with Crippen molar-refractivity contribution in [2.45, 2.75) is 13.5 Å². The molecule has 0 unspecified atom stereocenters. The summed E-state index contributed by atoms with van der Waals surface area (Å²) in [5, 5.41) is 3.45. The third-order valence-electron chi connectivity index (χ3n) is 3.28. The number of hydrogen-bond acceptors (Lipinski definition) is 3. The number of rotatable bonds is 3. The van der Waals surface area contributed by atoms with Crippen molar-refractivity contribution in [1.82, 2.24) is 0 Å². The maximum absolute atomic E-state index is 5.41. The Bertz CT molecular complexity index is 659. The predicted molar refractivity (Wildman–Crippen MR) is 86.5 cm³/mol. The molecule has 2 aromatic carbocycles. The summed E-state index contributed by atoms with van der Waals surface area (Å²) >= 11 is 7.11.